The number of carbonyl (C=O) groups is 1. The Balaban J connectivity index is 1.99. The standard InChI is InChI=1S/C16H31N3O/c1-11-8-12(2)15(17)9-14(11)16(20)19(4)13-6-5-7-18(3)10-13/h11-15H,5-10,17H2,1-4H3. The van der Waals surface area contributed by atoms with E-state index >= 15 is 0 Å². The summed E-state index contributed by atoms with van der Waals surface area (Å²) < 4.78 is 0. The zero-order chi connectivity index (χ0) is 14.9. The number of likely N-dealkylation sites (N-methyl/N-ethyl adjacent to an activating group) is 2. The van der Waals surface area contributed by atoms with E-state index in [2.05, 4.69) is 25.8 Å². The molecule has 2 aliphatic rings. The van der Waals surface area contributed by atoms with Gasteiger partial charge in [0.05, 0.1) is 0 Å². The smallest absolute Gasteiger partial charge is 0.226 e. The van der Waals surface area contributed by atoms with Crippen LogP contribution in [0.1, 0.15) is 39.5 Å². The molecule has 0 spiro atoms. The summed E-state index contributed by atoms with van der Waals surface area (Å²) >= 11 is 0. The van der Waals surface area contributed by atoms with Crippen LogP contribution in [0.3, 0.4) is 0 Å². The minimum atomic E-state index is 0.124. The number of nitrogens with two attached hydrogens (primary N) is 1. The Morgan fingerprint density at radius 1 is 1.25 bits per heavy atom. The number of hydrogen-bond acceptors (Lipinski definition) is 3. The molecule has 0 aromatic carbocycles. The van der Waals surface area contributed by atoms with Crippen LogP contribution in [-0.4, -0.2) is 55.0 Å². The van der Waals surface area contributed by atoms with Gasteiger partial charge in [-0.1, -0.05) is 13.8 Å². The van der Waals surface area contributed by atoms with E-state index in [1.54, 1.807) is 0 Å². The van der Waals surface area contributed by atoms with Crippen LogP contribution in [0.2, 0.25) is 0 Å². The Morgan fingerprint density at radius 2 is 1.95 bits per heavy atom. The molecule has 2 fully saturated rings. The highest BCUT2D eigenvalue weighted by atomic mass is 16.2. The van der Waals surface area contributed by atoms with E-state index < -0.39 is 0 Å². The first kappa shape index (κ1) is 15.8. The molecule has 1 saturated carbocycles. The maximum absolute atomic E-state index is 12.8. The normalized spacial score (nSPS) is 39.5. The molecule has 5 unspecified atom stereocenters. The van der Waals surface area contributed by atoms with Gasteiger partial charge in [0, 0.05) is 31.6 Å². The number of hydrogen-bond donors (Lipinski definition) is 1. The van der Waals surface area contributed by atoms with Crippen molar-refractivity contribution in [2.24, 2.45) is 23.5 Å². The largest absolute Gasteiger partial charge is 0.341 e. The average molecular weight is 281 g/mol. The highest BCUT2D eigenvalue weighted by Gasteiger charge is 2.38. The molecule has 0 aromatic rings. The van der Waals surface area contributed by atoms with E-state index in [1.807, 2.05) is 11.9 Å². The van der Waals surface area contributed by atoms with Gasteiger partial charge in [0.1, 0.15) is 0 Å². The lowest BCUT2D eigenvalue weighted by molar-refractivity contribution is -0.140. The summed E-state index contributed by atoms with van der Waals surface area (Å²) in [5.74, 6) is 1.44. The first-order valence-corrected chi connectivity index (χ1v) is 8.11. The van der Waals surface area contributed by atoms with Crippen LogP contribution in [0.15, 0.2) is 0 Å². The van der Waals surface area contributed by atoms with Crippen LogP contribution in [0.25, 0.3) is 0 Å². The minimum absolute atomic E-state index is 0.124. The summed E-state index contributed by atoms with van der Waals surface area (Å²) in [6.07, 6.45) is 4.26. The fraction of sp³-hybridized carbons (Fsp3) is 0.938. The molecule has 0 radical (unpaired) electrons. The second-order valence-corrected chi connectivity index (χ2v) is 7.20. The molecule has 4 heteroatoms. The maximum atomic E-state index is 12.8. The van der Waals surface area contributed by atoms with E-state index in [0.717, 1.165) is 32.4 Å². The third-order valence-electron chi connectivity index (χ3n) is 5.50. The van der Waals surface area contributed by atoms with E-state index in [0.29, 0.717) is 23.8 Å². The van der Waals surface area contributed by atoms with Crippen LogP contribution in [0, 0.1) is 17.8 Å². The van der Waals surface area contributed by atoms with Crippen molar-refractivity contribution in [3.05, 3.63) is 0 Å². The zero-order valence-electron chi connectivity index (χ0n) is 13.5. The monoisotopic (exact) mass is 281 g/mol. The van der Waals surface area contributed by atoms with Gasteiger partial charge in [-0.15, -0.1) is 0 Å². The summed E-state index contributed by atoms with van der Waals surface area (Å²) in [7, 11) is 4.13. The molecule has 1 amide bonds. The molecule has 0 aromatic heterocycles. The predicted molar refractivity (Wildman–Crippen MR) is 82.3 cm³/mol. The molecule has 20 heavy (non-hydrogen) atoms. The SMILES string of the molecule is CC1CC(C)C(C(=O)N(C)C2CCCN(C)C2)CC1N. The molecule has 116 valence electrons. The Bertz CT molecular complexity index is 347. The summed E-state index contributed by atoms with van der Waals surface area (Å²) in [5, 5.41) is 0. The minimum Gasteiger partial charge on any atom is -0.341 e. The van der Waals surface area contributed by atoms with Gasteiger partial charge in [0.15, 0.2) is 0 Å². The summed E-state index contributed by atoms with van der Waals surface area (Å²) in [6.45, 7) is 6.58. The third-order valence-corrected chi connectivity index (χ3v) is 5.50. The van der Waals surface area contributed by atoms with Crippen molar-refractivity contribution in [1.82, 2.24) is 9.80 Å². The van der Waals surface area contributed by atoms with Crippen LogP contribution >= 0.6 is 0 Å². The lowest BCUT2D eigenvalue weighted by atomic mass is 9.72. The third kappa shape index (κ3) is 3.34. The first-order valence-electron chi connectivity index (χ1n) is 8.11. The molecule has 1 aliphatic carbocycles. The fourth-order valence-corrected chi connectivity index (χ4v) is 3.92. The molecule has 2 N–H and O–H groups in total. The van der Waals surface area contributed by atoms with Crippen LogP contribution in [0.4, 0.5) is 0 Å². The molecule has 1 aliphatic heterocycles. The summed E-state index contributed by atoms with van der Waals surface area (Å²) in [5.41, 5.74) is 6.19. The predicted octanol–water partition coefficient (Wildman–Crippen LogP) is 1.55. The maximum Gasteiger partial charge on any atom is 0.226 e. The first-order chi connectivity index (χ1) is 9.40. The van der Waals surface area contributed by atoms with E-state index in [9.17, 15) is 4.79 Å². The lowest BCUT2D eigenvalue weighted by Crippen LogP contribution is -2.52. The lowest BCUT2D eigenvalue weighted by Gasteiger charge is -2.41. The molecule has 1 saturated heterocycles. The summed E-state index contributed by atoms with van der Waals surface area (Å²) in [4.78, 5) is 17.2. The zero-order valence-corrected chi connectivity index (χ0v) is 13.5. The number of nitrogens with zero attached hydrogens (tertiary/aromatic N) is 2. The second-order valence-electron chi connectivity index (χ2n) is 7.20. The molecule has 1 heterocycles. The molecular formula is C16H31N3O. The highest BCUT2D eigenvalue weighted by molar-refractivity contribution is 5.79. The number of carbonyl (C=O) groups excluding carboxylic acids is 1. The van der Waals surface area contributed by atoms with Crippen molar-refractivity contribution >= 4 is 5.91 Å². The van der Waals surface area contributed by atoms with Crippen molar-refractivity contribution < 1.29 is 4.79 Å². The topological polar surface area (TPSA) is 49.6 Å². The van der Waals surface area contributed by atoms with Gasteiger partial charge < -0.3 is 15.5 Å². The van der Waals surface area contributed by atoms with Crippen LogP contribution in [-0.2, 0) is 4.79 Å². The van der Waals surface area contributed by atoms with Crippen LogP contribution < -0.4 is 5.73 Å². The van der Waals surface area contributed by atoms with Crippen molar-refractivity contribution in [2.75, 3.05) is 27.2 Å². The van der Waals surface area contributed by atoms with Crippen molar-refractivity contribution in [1.29, 1.82) is 0 Å². The van der Waals surface area contributed by atoms with Gasteiger partial charge in [-0.2, -0.15) is 0 Å². The number of likely N-dealkylation sites (tertiary alicyclic amines) is 1. The van der Waals surface area contributed by atoms with Crippen molar-refractivity contribution in [2.45, 2.75) is 51.6 Å². The van der Waals surface area contributed by atoms with Gasteiger partial charge >= 0.3 is 0 Å². The number of piperidine rings is 1. The Morgan fingerprint density at radius 3 is 2.60 bits per heavy atom. The van der Waals surface area contributed by atoms with Crippen molar-refractivity contribution in [3.8, 4) is 0 Å². The number of amides is 1. The summed E-state index contributed by atoms with van der Waals surface area (Å²) in [6, 6.07) is 0.562. The Labute approximate surface area is 123 Å². The second kappa shape index (κ2) is 6.44. The number of rotatable bonds is 2. The molecule has 2 rings (SSSR count). The highest BCUT2D eigenvalue weighted by Crippen LogP contribution is 2.34. The van der Waals surface area contributed by atoms with Gasteiger partial charge in [0.25, 0.3) is 0 Å². The van der Waals surface area contributed by atoms with Gasteiger partial charge in [-0.25, -0.2) is 0 Å². The quantitative estimate of drug-likeness (QED) is 0.835. The molecule has 4 nitrogen and oxygen atoms in total. The fourth-order valence-electron chi connectivity index (χ4n) is 3.92. The van der Waals surface area contributed by atoms with E-state index in [4.69, 9.17) is 5.73 Å². The molecule has 5 atom stereocenters. The molecule has 0 bridgehead atoms. The van der Waals surface area contributed by atoms with E-state index in [-0.39, 0.29) is 12.0 Å². The van der Waals surface area contributed by atoms with Crippen molar-refractivity contribution in [3.63, 3.8) is 0 Å². The Kier molecular flexibility index (Phi) is 5.08. The molecular weight excluding hydrogens is 250 g/mol. The van der Waals surface area contributed by atoms with E-state index in [1.165, 1.54) is 6.42 Å². The van der Waals surface area contributed by atoms with Gasteiger partial charge in [-0.05, 0) is 51.1 Å². The Hall–Kier alpha value is -0.610. The average Bonchev–Trinajstić information content (AvgIpc) is 2.41. The van der Waals surface area contributed by atoms with Gasteiger partial charge in [-0.3, -0.25) is 4.79 Å². The van der Waals surface area contributed by atoms with Crippen LogP contribution in [0.5, 0.6) is 0 Å². The van der Waals surface area contributed by atoms with Gasteiger partial charge in [0.2, 0.25) is 5.91 Å².